The minimum absolute atomic E-state index is 0.725. The van der Waals surface area contributed by atoms with Gasteiger partial charge in [-0.2, -0.15) is 0 Å². The number of anilines is 1. The lowest BCUT2D eigenvalue weighted by molar-refractivity contribution is 0.122. The maximum absolute atomic E-state index is 5.40. The van der Waals surface area contributed by atoms with Gasteiger partial charge < -0.3 is 9.64 Å². The molecule has 7 heteroatoms. The number of hydrogen-bond acceptors (Lipinski definition) is 7. The highest BCUT2D eigenvalue weighted by Gasteiger charge is 2.19. The van der Waals surface area contributed by atoms with Gasteiger partial charge in [0.15, 0.2) is 0 Å². The molecular weight excluding hydrogens is 316 g/mol. The number of thiophene rings is 1. The van der Waals surface area contributed by atoms with E-state index in [2.05, 4.69) is 26.3 Å². The second kappa shape index (κ2) is 6.12. The molecule has 112 valence electrons. The SMILES string of the molecule is c1csc(-c2cnc(N3CCOCC3)nc2-c2nccs2)c1. The van der Waals surface area contributed by atoms with E-state index in [1.165, 1.54) is 4.88 Å². The van der Waals surface area contributed by atoms with Crippen molar-refractivity contribution in [3.63, 3.8) is 0 Å². The van der Waals surface area contributed by atoms with Gasteiger partial charge in [-0.3, -0.25) is 0 Å². The predicted octanol–water partition coefficient (Wildman–Crippen LogP) is 3.17. The summed E-state index contributed by atoms with van der Waals surface area (Å²) in [4.78, 5) is 17.1. The Morgan fingerprint density at radius 2 is 2.00 bits per heavy atom. The van der Waals surface area contributed by atoms with Crippen LogP contribution in [0, 0.1) is 0 Å². The molecule has 4 heterocycles. The van der Waals surface area contributed by atoms with Gasteiger partial charge in [-0.15, -0.1) is 22.7 Å². The molecule has 0 bridgehead atoms. The predicted molar refractivity (Wildman–Crippen MR) is 89.5 cm³/mol. The molecule has 1 fully saturated rings. The molecule has 0 unspecified atom stereocenters. The summed E-state index contributed by atoms with van der Waals surface area (Å²) in [5.41, 5.74) is 1.95. The van der Waals surface area contributed by atoms with Gasteiger partial charge in [-0.05, 0) is 11.4 Å². The molecule has 0 aliphatic carbocycles. The zero-order valence-electron chi connectivity index (χ0n) is 11.8. The summed E-state index contributed by atoms with van der Waals surface area (Å²) in [7, 11) is 0. The summed E-state index contributed by atoms with van der Waals surface area (Å²) in [6.45, 7) is 3.11. The summed E-state index contributed by atoms with van der Waals surface area (Å²) >= 11 is 3.29. The van der Waals surface area contributed by atoms with Gasteiger partial charge in [0.2, 0.25) is 5.95 Å². The van der Waals surface area contributed by atoms with Crippen molar-refractivity contribution >= 4 is 28.6 Å². The Balaban J connectivity index is 1.79. The summed E-state index contributed by atoms with van der Waals surface area (Å²) < 4.78 is 5.40. The number of thiazole rings is 1. The van der Waals surface area contributed by atoms with Crippen LogP contribution in [-0.2, 0) is 4.74 Å². The van der Waals surface area contributed by atoms with E-state index in [1.807, 2.05) is 23.8 Å². The number of hydrogen-bond donors (Lipinski definition) is 0. The standard InChI is InChI=1S/C15H14N4OS2/c1-2-12(21-8-1)11-10-17-15(19-4-6-20-7-5-19)18-13(11)14-16-3-9-22-14/h1-3,8-10H,4-7H2. The summed E-state index contributed by atoms with van der Waals surface area (Å²) in [5, 5.41) is 4.97. The molecule has 4 rings (SSSR count). The molecule has 0 radical (unpaired) electrons. The van der Waals surface area contributed by atoms with Crippen molar-refractivity contribution in [3.8, 4) is 21.1 Å². The van der Waals surface area contributed by atoms with Gasteiger partial charge in [-0.25, -0.2) is 15.0 Å². The van der Waals surface area contributed by atoms with Crippen LogP contribution >= 0.6 is 22.7 Å². The van der Waals surface area contributed by atoms with Crippen molar-refractivity contribution in [1.82, 2.24) is 15.0 Å². The number of aromatic nitrogens is 3. The Hall–Kier alpha value is -1.83. The van der Waals surface area contributed by atoms with Gasteiger partial charge in [0.1, 0.15) is 10.7 Å². The maximum atomic E-state index is 5.40. The van der Waals surface area contributed by atoms with Crippen LogP contribution < -0.4 is 4.90 Å². The van der Waals surface area contributed by atoms with Crippen LogP contribution in [0.4, 0.5) is 5.95 Å². The topological polar surface area (TPSA) is 51.1 Å². The lowest BCUT2D eigenvalue weighted by Gasteiger charge is -2.27. The number of rotatable bonds is 3. The van der Waals surface area contributed by atoms with Crippen LogP contribution in [0.5, 0.6) is 0 Å². The zero-order chi connectivity index (χ0) is 14.8. The van der Waals surface area contributed by atoms with E-state index in [-0.39, 0.29) is 0 Å². The van der Waals surface area contributed by atoms with E-state index in [0.717, 1.165) is 48.5 Å². The van der Waals surface area contributed by atoms with Gasteiger partial charge in [-0.1, -0.05) is 6.07 Å². The highest BCUT2D eigenvalue weighted by molar-refractivity contribution is 7.14. The average Bonchev–Trinajstić information content (AvgIpc) is 3.29. The monoisotopic (exact) mass is 330 g/mol. The molecule has 0 amide bonds. The molecule has 0 N–H and O–H groups in total. The number of ether oxygens (including phenoxy) is 1. The van der Waals surface area contributed by atoms with Crippen molar-refractivity contribution in [2.24, 2.45) is 0 Å². The molecule has 0 spiro atoms. The highest BCUT2D eigenvalue weighted by atomic mass is 32.1. The molecule has 0 atom stereocenters. The highest BCUT2D eigenvalue weighted by Crippen LogP contribution is 2.34. The Morgan fingerprint density at radius 3 is 2.73 bits per heavy atom. The first-order valence-corrected chi connectivity index (χ1v) is 8.81. The van der Waals surface area contributed by atoms with Gasteiger partial charge >= 0.3 is 0 Å². The first-order chi connectivity index (χ1) is 10.9. The van der Waals surface area contributed by atoms with E-state index in [1.54, 1.807) is 22.7 Å². The lowest BCUT2D eigenvalue weighted by atomic mass is 10.2. The van der Waals surface area contributed by atoms with Crippen molar-refractivity contribution in [1.29, 1.82) is 0 Å². The number of nitrogens with zero attached hydrogens (tertiary/aromatic N) is 4. The van der Waals surface area contributed by atoms with Crippen LogP contribution in [0.3, 0.4) is 0 Å². The fourth-order valence-electron chi connectivity index (χ4n) is 2.40. The smallest absolute Gasteiger partial charge is 0.226 e. The van der Waals surface area contributed by atoms with Crippen LogP contribution in [0.25, 0.3) is 21.1 Å². The molecule has 0 saturated carbocycles. The molecule has 22 heavy (non-hydrogen) atoms. The molecule has 3 aromatic heterocycles. The van der Waals surface area contributed by atoms with Crippen molar-refractivity contribution in [2.45, 2.75) is 0 Å². The molecule has 5 nitrogen and oxygen atoms in total. The first-order valence-electron chi connectivity index (χ1n) is 7.05. The van der Waals surface area contributed by atoms with Crippen LogP contribution in [0.2, 0.25) is 0 Å². The minimum Gasteiger partial charge on any atom is -0.378 e. The third-order valence-corrected chi connectivity index (χ3v) is 5.17. The quantitative estimate of drug-likeness (QED) is 0.738. The van der Waals surface area contributed by atoms with Crippen LogP contribution in [0.1, 0.15) is 0 Å². The fraction of sp³-hybridized carbons (Fsp3) is 0.267. The van der Waals surface area contributed by atoms with Crippen molar-refractivity contribution < 1.29 is 4.74 Å². The number of morpholine rings is 1. The second-order valence-corrected chi connectivity index (χ2v) is 6.69. The normalized spacial score (nSPS) is 15.2. The Kier molecular flexibility index (Phi) is 3.84. The van der Waals surface area contributed by atoms with E-state index in [9.17, 15) is 0 Å². The van der Waals surface area contributed by atoms with Crippen LogP contribution in [0.15, 0.2) is 35.3 Å². The third kappa shape index (κ3) is 2.63. The van der Waals surface area contributed by atoms with Crippen LogP contribution in [-0.4, -0.2) is 41.3 Å². The van der Waals surface area contributed by atoms with Crippen molar-refractivity contribution in [3.05, 3.63) is 35.3 Å². The van der Waals surface area contributed by atoms with E-state index < -0.39 is 0 Å². The molecule has 1 aliphatic rings. The fourth-order valence-corrected chi connectivity index (χ4v) is 3.78. The van der Waals surface area contributed by atoms with Gasteiger partial charge in [0, 0.05) is 41.3 Å². The van der Waals surface area contributed by atoms with Crippen molar-refractivity contribution in [2.75, 3.05) is 31.2 Å². The minimum atomic E-state index is 0.725. The summed E-state index contributed by atoms with van der Waals surface area (Å²) in [6, 6.07) is 4.14. The average molecular weight is 330 g/mol. The summed E-state index contributed by atoms with van der Waals surface area (Å²) in [5.74, 6) is 0.758. The van der Waals surface area contributed by atoms with Gasteiger partial charge in [0.05, 0.1) is 13.2 Å². The molecule has 3 aromatic rings. The maximum Gasteiger partial charge on any atom is 0.226 e. The van der Waals surface area contributed by atoms with E-state index in [4.69, 9.17) is 9.72 Å². The zero-order valence-corrected chi connectivity index (χ0v) is 13.4. The largest absolute Gasteiger partial charge is 0.378 e. The Labute approximate surface area is 136 Å². The third-order valence-electron chi connectivity index (χ3n) is 3.49. The second-order valence-electron chi connectivity index (χ2n) is 4.85. The summed E-state index contributed by atoms with van der Waals surface area (Å²) in [6.07, 6.45) is 3.73. The molecule has 1 saturated heterocycles. The Bertz CT molecular complexity index is 737. The lowest BCUT2D eigenvalue weighted by Crippen LogP contribution is -2.37. The molecule has 0 aromatic carbocycles. The Morgan fingerprint density at radius 1 is 1.09 bits per heavy atom. The van der Waals surface area contributed by atoms with E-state index >= 15 is 0 Å². The van der Waals surface area contributed by atoms with Gasteiger partial charge in [0.25, 0.3) is 0 Å². The van der Waals surface area contributed by atoms with E-state index in [0.29, 0.717) is 0 Å². The molecular formula is C15H14N4OS2. The molecule has 1 aliphatic heterocycles. The first kappa shape index (κ1) is 13.8.